The molecule has 0 aromatic heterocycles. The number of nitrogen functional groups attached to an aromatic ring is 1. The van der Waals surface area contributed by atoms with Crippen molar-refractivity contribution in [2.24, 2.45) is 0 Å². The third-order valence-corrected chi connectivity index (χ3v) is 2.95. The Labute approximate surface area is 116 Å². The van der Waals surface area contributed by atoms with Crippen molar-refractivity contribution in [2.75, 3.05) is 18.2 Å². The Morgan fingerprint density at radius 2 is 2.05 bits per heavy atom. The fourth-order valence-electron chi connectivity index (χ4n) is 1.84. The number of hydrogen-bond acceptors (Lipinski definition) is 4. The third-order valence-electron chi connectivity index (χ3n) is 2.95. The number of esters is 1. The van der Waals surface area contributed by atoms with Crippen LogP contribution in [0.1, 0.15) is 15.9 Å². The van der Waals surface area contributed by atoms with E-state index in [1.807, 2.05) is 0 Å². The van der Waals surface area contributed by atoms with Gasteiger partial charge in [0.1, 0.15) is 5.82 Å². The minimum absolute atomic E-state index is 0.271. The quantitative estimate of drug-likeness (QED) is 0.666. The lowest BCUT2D eigenvalue weighted by atomic mass is 10.1. The van der Waals surface area contributed by atoms with Crippen LogP contribution in [-0.2, 0) is 4.74 Å². The van der Waals surface area contributed by atoms with E-state index >= 15 is 0 Å². The van der Waals surface area contributed by atoms with Gasteiger partial charge in [-0.15, -0.1) is 0 Å². The zero-order valence-electron chi connectivity index (χ0n) is 11.2. The largest absolute Gasteiger partial charge is 0.465 e. The average Bonchev–Trinajstić information content (AvgIpc) is 2.44. The summed E-state index contributed by atoms with van der Waals surface area (Å²) in [7, 11) is 1.30. The average molecular weight is 274 g/mol. The van der Waals surface area contributed by atoms with Crippen molar-refractivity contribution in [2.45, 2.75) is 6.92 Å². The molecule has 0 spiro atoms. The molecule has 0 atom stereocenters. The molecule has 4 nitrogen and oxygen atoms in total. The number of para-hydroxylation sites is 1. The molecule has 2 aromatic carbocycles. The summed E-state index contributed by atoms with van der Waals surface area (Å²) in [5, 5.41) is 3.06. The van der Waals surface area contributed by atoms with Crippen LogP contribution in [0, 0.1) is 12.7 Å². The van der Waals surface area contributed by atoms with E-state index in [-0.39, 0.29) is 11.4 Å². The number of nitrogens with two attached hydrogens (primary N) is 1. The molecule has 2 rings (SSSR count). The Bertz CT molecular complexity index is 656. The Balaban J connectivity index is 2.34. The number of aryl methyl sites for hydroxylation is 1. The van der Waals surface area contributed by atoms with E-state index < -0.39 is 5.97 Å². The van der Waals surface area contributed by atoms with Gasteiger partial charge in [0.05, 0.1) is 24.0 Å². The maximum Gasteiger partial charge on any atom is 0.340 e. The molecule has 5 heteroatoms. The van der Waals surface area contributed by atoms with Crippen molar-refractivity contribution in [3.8, 4) is 0 Å². The number of hydrogen-bond donors (Lipinski definition) is 2. The molecular formula is C15H15FN2O2. The van der Waals surface area contributed by atoms with Gasteiger partial charge in [-0.1, -0.05) is 6.07 Å². The van der Waals surface area contributed by atoms with Crippen molar-refractivity contribution < 1.29 is 13.9 Å². The highest BCUT2D eigenvalue weighted by molar-refractivity contribution is 5.98. The maximum atomic E-state index is 13.2. The van der Waals surface area contributed by atoms with E-state index in [2.05, 4.69) is 10.1 Å². The maximum absolute atomic E-state index is 13.2. The van der Waals surface area contributed by atoms with Gasteiger partial charge in [0.15, 0.2) is 0 Å². The van der Waals surface area contributed by atoms with E-state index in [1.165, 1.54) is 13.2 Å². The summed E-state index contributed by atoms with van der Waals surface area (Å²) in [6.07, 6.45) is 0. The fraction of sp³-hybridized carbons (Fsp3) is 0.133. The molecule has 0 radical (unpaired) electrons. The van der Waals surface area contributed by atoms with Gasteiger partial charge in [-0.3, -0.25) is 0 Å². The Hall–Kier alpha value is -2.56. The zero-order valence-corrected chi connectivity index (χ0v) is 11.2. The van der Waals surface area contributed by atoms with Crippen molar-refractivity contribution in [3.05, 3.63) is 53.3 Å². The lowest BCUT2D eigenvalue weighted by Gasteiger charge is -2.12. The van der Waals surface area contributed by atoms with Gasteiger partial charge in [-0.25, -0.2) is 9.18 Å². The molecule has 0 saturated heterocycles. The predicted molar refractivity (Wildman–Crippen MR) is 76.6 cm³/mol. The highest BCUT2D eigenvalue weighted by atomic mass is 19.1. The molecule has 0 fully saturated rings. The molecule has 20 heavy (non-hydrogen) atoms. The molecule has 3 N–H and O–H groups in total. The summed E-state index contributed by atoms with van der Waals surface area (Å²) in [4.78, 5) is 11.6. The first-order chi connectivity index (χ1) is 9.52. The summed E-state index contributed by atoms with van der Waals surface area (Å²) < 4.78 is 17.9. The molecule has 0 amide bonds. The number of methoxy groups -OCH3 is 1. The lowest BCUT2D eigenvalue weighted by molar-refractivity contribution is 0.0602. The first kappa shape index (κ1) is 13.9. The molecule has 0 aliphatic heterocycles. The van der Waals surface area contributed by atoms with Crippen molar-refractivity contribution in [3.63, 3.8) is 0 Å². The number of carbonyl (C=O) groups is 1. The number of nitrogens with one attached hydrogen (secondary N) is 1. The molecule has 0 bridgehead atoms. The van der Waals surface area contributed by atoms with Crippen molar-refractivity contribution >= 4 is 23.0 Å². The minimum Gasteiger partial charge on any atom is -0.465 e. The fourth-order valence-corrected chi connectivity index (χ4v) is 1.84. The number of benzene rings is 2. The van der Waals surface area contributed by atoms with Crippen LogP contribution in [0.3, 0.4) is 0 Å². The van der Waals surface area contributed by atoms with Gasteiger partial charge in [0.2, 0.25) is 0 Å². The van der Waals surface area contributed by atoms with Crippen LogP contribution in [0.2, 0.25) is 0 Å². The number of carbonyl (C=O) groups excluding carboxylic acids is 1. The summed E-state index contributed by atoms with van der Waals surface area (Å²) in [6, 6.07) is 9.66. The smallest absolute Gasteiger partial charge is 0.340 e. The van der Waals surface area contributed by atoms with E-state index in [1.54, 1.807) is 37.3 Å². The molecule has 0 saturated carbocycles. The first-order valence-electron chi connectivity index (χ1n) is 6.03. The van der Waals surface area contributed by atoms with Gasteiger partial charge < -0.3 is 15.8 Å². The normalized spacial score (nSPS) is 10.2. The second-order valence-corrected chi connectivity index (χ2v) is 4.35. The van der Waals surface area contributed by atoms with Crippen LogP contribution in [0.15, 0.2) is 36.4 Å². The van der Waals surface area contributed by atoms with Gasteiger partial charge >= 0.3 is 5.97 Å². The number of halogens is 1. The molecule has 0 aliphatic rings. The minimum atomic E-state index is -0.499. The van der Waals surface area contributed by atoms with Gasteiger partial charge in [0, 0.05) is 5.69 Å². The van der Waals surface area contributed by atoms with E-state index in [0.29, 0.717) is 22.6 Å². The van der Waals surface area contributed by atoms with Gasteiger partial charge in [-0.05, 0) is 42.8 Å². The summed E-state index contributed by atoms with van der Waals surface area (Å²) >= 11 is 0. The Kier molecular flexibility index (Phi) is 3.89. The molecule has 0 heterocycles. The number of rotatable bonds is 3. The summed E-state index contributed by atoms with van der Waals surface area (Å²) in [5.41, 5.74) is 8.31. The van der Waals surface area contributed by atoms with Crippen molar-refractivity contribution in [1.82, 2.24) is 0 Å². The third kappa shape index (κ3) is 2.71. The molecule has 0 aliphatic carbocycles. The Morgan fingerprint density at radius 3 is 2.70 bits per heavy atom. The van der Waals surface area contributed by atoms with E-state index in [9.17, 15) is 9.18 Å². The van der Waals surface area contributed by atoms with Gasteiger partial charge in [0.25, 0.3) is 0 Å². The highest BCUT2D eigenvalue weighted by Crippen LogP contribution is 2.27. The molecular weight excluding hydrogens is 259 g/mol. The Morgan fingerprint density at radius 1 is 1.30 bits per heavy atom. The highest BCUT2D eigenvalue weighted by Gasteiger charge is 2.12. The van der Waals surface area contributed by atoms with Crippen LogP contribution in [0.25, 0.3) is 0 Å². The first-order valence-corrected chi connectivity index (χ1v) is 6.03. The monoisotopic (exact) mass is 274 g/mol. The number of ether oxygens (including phenoxy) is 1. The summed E-state index contributed by atoms with van der Waals surface area (Å²) in [5.74, 6) is -0.770. The standard InChI is InChI=1S/C15H15FN2O2/c1-9-8-10(6-7-12(9)16)18-13-5-3-4-11(14(13)17)15(19)20-2/h3-8,18H,17H2,1-2H3. The predicted octanol–water partition coefficient (Wildman–Crippen LogP) is 3.25. The van der Waals surface area contributed by atoms with Crippen LogP contribution >= 0.6 is 0 Å². The SMILES string of the molecule is COC(=O)c1cccc(Nc2ccc(F)c(C)c2)c1N. The van der Waals surface area contributed by atoms with Crippen LogP contribution in [0.5, 0.6) is 0 Å². The summed E-state index contributed by atoms with van der Waals surface area (Å²) in [6.45, 7) is 1.68. The van der Waals surface area contributed by atoms with Crippen LogP contribution < -0.4 is 11.1 Å². The molecule has 0 unspecified atom stereocenters. The zero-order chi connectivity index (χ0) is 14.7. The topological polar surface area (TPSA) is 64.3 Å². The number of anilines is 3. The molecule has 2 aromatic rings. The lowest BCUT2D eigenvalue weighted by Crippen LogP contribution is -2.07. The second-order valence-electron chi connectivity index (χ2n) is 4.35. The van der Waals surface area contributed by atoms with Crippen LogP contribution in [0.4, 0.5) is 21.5 Å². The van der Waals surface area contributed by atoms with Gasteiger partial charge in [-0.2, -0.15) is 0 Å². The second kappa shape index (κ2) is 5.61. The van der Waals surface area contributed by atoms with Crippen molar-refractivity contribution in [1.29, 1.82) is 0 Å². The molecule has 104 valence electrons. The van der Waals surface area contributed by atoms with E-state index in [4.69, 9.17) is 5.73 Å². The van der Waals surface area contributed by atoms with E-state index in [0.717, 1.165) is 0 Å². The van der Waals surface area contributed by atoms with Crippen LogP contribution in [-0.4, -0.2) is 13.1 Å².